The molecule has 0 aromatic carbocycles. The van der Waals surface area contributed by atoms with E-state index in [1.807, 2.05) is 0 Å². The predicted molar refractivity (Wildman–Crippen MR) is 120 cm³/mol. The number of hydrogen-bond acceptors (Lipinski definition) is 0. The van der Waals surface area contributed by atoms with Gasteiger partial charge in [-0.1, -0.05) is 105 Å². The summed E-state index contributed by atoms with van der Waals surface area (Å²) in [5.41, 5.74) is 0. The lowest BCUT2D eigenvalue weighted by Gasteiger charge is -2.19. The van der Waals surface area contributed by atoms with Crippen LogP contribution < -0.4 is 0 Å². The predicted octanol–water partition coefficient (Wildman–Crippen LogP) is 8.95. The molecule has 0 aromatic heterocycles. The van der Waals surface area contributed by atoms with Crippen LogP contribution in [0.5, 0.6) is 0 Å². The van der Waals surface area contributed by atoms with E-state index < -0.39 is 0 Å². The summed E-state index contributed by atoms with van der Waals surface area (Å²) in [7, 11) is 0. The molecule has 0 spiro atoms. The fraction of sp³-hybridized carbons (Fsp3) is 0.846. The Labute approximate surface area is 167 Å². The van der Waals surface area contributed by atoms with Gasteiger partial charge in [-0.2, -0.15) is 0 Å². The Morgan fingerprint density at radius 3 is 1.81 bits per heavy atom. The van der Waals surface area contributed by atoms with Crippen molar-refractivity contribution in [3.63, 3.8) is 0 Å². The summed E-state index contributed by atoms with van der Waals surface area (Å²) in [4.78, 5) is 0. The molecule has 0 heterocycles. The number of hydrogen-bond donors (Lipinski definition) is 0. The first-order chi connectivity index (χ1) is 12.7. The van der Waals surface area contributed by atoms with E-state index in [0.717, 1.165) is 37.5 Å². The molecule has 0 rings (SSSR count). The second-order valence-electron chi connectivity index (χ2n) is 8.29. The first-order valence-electron chi connectivity index (χ1n) is 11.8. The third kappa shape index (κ3) is 18.4. The SMILES string of the molecule is [CH2]CCCCCCCCC#CCCCC(C)CC(CC)CCCCC[CH2]. The quantitative estimate of drug-likeness (QED) is 0.169. The number of rotatable bonds is 18. The van der Waals surface area contributed by atoms with Crippen molar-refractivity contribution in [3.05, 3.63) is 13.8 Å². The smallest absolute Gasteiger partial charge is 0.00887 e. The zero-order valence-corrected chi connectivity index (χ0v) is 18.3. The zero-order valence-electron chi connectivity index (χ0n) is 18.3. The minimum atomic E-state index is 0.868. The van der Waals surface area contributed by atoms with Gasteiger partial charge in [0.15, 0.2) is 0 Å². The lowest BCUT2D eigenvalue weighted by Crippen LogP contribution is -2.06. The van der Waals surface area contributed by atoms with E-state index in [4.69, 9.17) is 0 Å². The van der Waals surface area contributed by atoms with Crippen LogP contribution in [0.2, 0.25) is 0 Å². The van der Waals surface area contributed by atoms with Crippen LogP contribution >= 0.6 is 0 Å². The lowest BCUT2D eigenvalue weighted by molar-refractivity contribution is 0.334. The van der Waals surface area contributed by atoms with Crippen molar-refractivity contribution < 1.29 is 0 Å². The largest absolute Gasteiger partial charge is 0.103 e. The molecule has 152 valence electrons. The van der Waals surface area contributed by atoms with Crippen molar-refractivity contribution in [1.82, 2.24) is 0 Å². The Morgan fingerprint density at radius 2 is 1.19 bits per heavy atom. The summed E-state index contributed by atoms with van der Waals surface area (Å²) in [6.07, 6.45) is 23.4. The van der Waals surface area contributed by atoms with Crippen molar-refractivity contribution >= 4 is 0 Å². The maximum absolute atomic E-state index is 3.94. The molecule has 0 saturated carbocycles. The summed E-state index contributed by atoms with van der Waals surface area (Å²) in [6.45, 7) is 12.6. The van der Waals surface area contributed by atoms with Gasteiger partial charge in [-0.05, 0) is 37.5 Å². The average Bonchev–Trinajstić information content (AvgIpc) is 2.65. The molecule has 0 amide bonds. The standard InChI is InChI=1S/C26H48/c1-5-8-10-12-13-14-15-16-17-18-19-20-22-25(4)24-26(7-3)23-21-11-9-6-2/h25-26H,1-2,5-16,19-24H2,3-4H3. The van der Waals surface area contributed by atoms with Crippen molar-refractivity contribution in [1.29, 1.82) is 0 Å². The van der Waals surface area contributed by atoms with Crippen molar-refractivity contribution in [3.8, 4) is 11.8 Å². The molecule has 0 nitrogen and oxygen atoms in total. The van der Waals surface area contributed by atoms with E-state index in [0.29, 0.717) is 0 Å². The lowest BCUT2D eigenvalue weighted by atomic mass is 9.87. The van der Waals surface area contributed by atoms with Gasteiger partial charge in [0.05, 0.1) is 0 Å². The summed E-state index contributed by atoms with van der Waals surface area (Å²) in [5.74, 6) is 8.60. The molecule has 0 N–H and O–H groups in total. The van der Waals surface area contributed by atoms with Gasteiger partial charge >= 0.3 is 0 Å². The van der Waals surface area contributed by atoms with E-state index in [9.17, 15) is 0 Å². The molecule has 2 atom stereocenters. The van der Waals surface area contributed by atoms with Gasteiger partial charge in [0, 0.05) is 12.8 Å². The van der Waals surface area contributed by atoms with Crippen LogP contribution in [0.3, 0.4) is 0 Å². The molecule has 0 aliphatic carbocycles. The van der Waals surface area contributed by atoms with Crippen LogP contribution in [-0.2, 0) is 0 Å². The highest BCUT2D eigenvalue weighted by molar-refractivity contribution is 4.98. The Balaban J connectivity index is 3.53. The fourth-order valence-electron chi connectivity index (χ4n) is 3.78. The fourth-order valence-corrected chi connectivity index (χ4v) is 3.78. The van der Waals surface area contributed by atoms with E-state index in [1.165, 1.54) is 89.9 Å². The maximum Gasteiger partial charge on any atom is 0.00887 e. The van der Waals surface area contributed by atoms with Gasteiger partial charge in [-0.3, -0.25) is 0 Å². The van der Waals surface area contributed by atoms with Gasteiger partial charge in [-0.15, -0.1) is 11.8 Å². The molecule has 0 aromatic rings. The van der Waals surface area contributed by atoms with Gasteiger partial charge in [0.1, 0.15) is 0 Å². The third-order valence-corrected chi connectivity index (χ3v) is 5.60. The van der Waals surface area contributed by atoms with Gasteiger partial charge < -0.3 is 0 Å². The molecule has 0 fully saturated rings. The van der Waals surface area contributed by atoms with Crippen LogP contribution in [-0.4, -0.2) is 0 Å². The van der Waals surface area contributed by atoms with Crippen molar-refractivity contribution in [2.75, 3.05) is 0 Å². The van der Waals surface area contributed by atoms with Crippen LogP contribution in [0.25, 0.3) is 0 Å². The molecule has 26 heavy (non-hydrogen) atoms. The summed E-state index contributed by atoms with van der Waals surface area (Å²) >= 11 is 0. The Kier molecular flexibility index (Phi) is 20.5. The molecule has 2 unspecified atom stereocenters. The highest BCUT2D eigenvalue weighted by Crippen LogP contribution is 2.24. The van der Waals surface area contributed by atoms with Crippen LogP contribution in [0.15, 0.2) is 0 Å². The van der Waals surface area contributed by atoms with Crippen LogP contribution in [0.4, 0.5) is 0 Å². The average molecular weight is 361 g/mol. The second kappa shape index (κ2) is 20.9. The van der Waals surface area contributed by atoms with E-state index in [1.54, 1.807) is 0 Å². The van der Waals surface area contributed by atoms with Crippen molar-refractivity contribution in [2.45, 2.75) is 129 Å². The van der Waals surface area contributed by atoms with Gasteiger partial charge in [0.25, 0.3) is 0 Å². The highest BCUT2D eigenvalue weighted by atomic mass is 14.2. The minimum Gasteiger partial charge on any atom is -0.103 e. The monoisotopic (exact) mass is 360 g/mol. The van der Waals surface area contributed by atoms with Gasteiger partial charge in [0.2, 0.25) is 0 Å². The summed E-state index contributed by atoms with van der Waals surface area (Å²) < 4.78 is 0. The molecule has 0 heteroatoms. The Bertz CT molecular complexity index is 319. The molecule has 0 saturated heterocycles. The topological polar surface area (TPSA) is 0 Å². The van der Waals surface area contributed by atoms with E-state index >= 15 is 0 Å². The summed E-state index contributed by atoms with van der Waals surface area (Å²) in [5, 5.41) is 0. The second-order valence-corrected chi connectivity index (χ2v) is 8.29. The molecular formula is C26H48. The minimum absolute atomic E-state index is 0.868. The molecule has 0 bridgehead atoms. The third-order valence-electron chi connectivity index (χ3n) is 5.60. The summed E-state index contributed by atoms with van der Waals surface area (Å²) in [6, 6.07) is 0. The van der Waals surface area contributed by atoms with Crippen LogP contribution in [0, 0.1) is 37.5 Å². The first-order valence-corrected chi connectivity index (χ1v) is 11.8. The highest BCUT2D eigenvalue weighted by Gasteiger charge is 2.11. The maximum atomic E-state index is 3.94. The van der Waals surface area contributed by atoms with E-state index in [-0.39, 0.29) is 0 Å². The zero-order chi connectivity index (χ0) is 19.3. The first kappa shape index (κ1) is 25.6. The van der Waals surface area contributed by atoms with E-state index in [2.05, 4.69) is 39.5 Å². The van der Waals surface area contributed by atoms with Crippen LogP contribution in [0.1, 0.15) is 129 Å². The Morgan fingerprint density at radius 1 is 0.654 bits per heavy atom. The normalized spacial score (nSPS) is 13.2. The Hall–Kier alpha value is -0.440. The molecule has 0 aliphatic rings. The number of unbranched alkanes of at least 4 members (excludes halogenated alkanes) is 11. The van der Waals surface area contributed by atoms with Gasteiger partial charge in [-0.25, -0.2) is 0 Å². The molecule has 0 aliphatic heterocycles. The van der Waals surface area contributed by atoms with Crippen molar-refractivity contribution in [2.24, 2.45) is 11.8 Å². The molecular weight excluding hydrogens is 312 g/mol. The molecule has 2 radical (unpaired) electrons.